The Morgan fingerprint density at radius 1 is 1.25 bits per heavy atom. The van der Waals surface area contributed by atoms with Gasteiger partial charge in [-0.15, -0.1) is 0 Å². The third kappa shape index (κ3) is 2.42. The van der Waals surface area contributed by atoms with E-state index in [0.29, 0.717) is 18.4 Å². The number of carbonyl (C=O) groups is 1. The molecule has 0 saturated heterocycles. The number of benzene rings is 1. The molecule has 1 aromatic rings. The van der Waals surface area contributed by atoms with Crippen LogP contribution in [0.3, 0.4) is 0 Å². The van der Waals surface area contributed by atoms with E-state index in [9.17, 15) is 15.0 Å². The molecule has 0 aromatic heterocycles. The molecule has 0 aliphatic rings. The van der Waals surface area contributed by atoms with Crippen molar-refractivity contribution in [1.29, 1.82) is 0 Å². The average Bonchev–Trinajstić information content (AvgIpc) is 2.30. The van der Waals surface area contributed by atoms with Crippen LogP contribution >= 0.6 is 0 Å². The van der Waals surface area contributed by atoms with E-state index < -0.39 is 17.5 Å². The molecule has 0 aliphatic heterocycles. The van der Waals surface area contributed by atoms with Crippen LogP contribution in [0, 0.1) is 0 Å². The highest BCUT2D eigenvalue weighted by atomic mass is 16.4. The SMILES string of the molecule is CCC(O)(CC)C(C(=O)O)c1ccccc1. The van der Waals surface area contributed by atoms with E-state index in [1.54, 1.807) is 24.3 Å². The largest absolute Gasteiger partial charge is 0.481 e. The van der Waals surface area contributed by atoms with E-state index in [2.05, 4.69) is 0 Å². The molecule has 0 heterocycles. The van der Waals surface area contributed by atoms with E-state index >= 15 is 0 Å². The standard InChI is InChI=1S/C13H18O3/c1-3-13(16,4-2)11(12(14)15)10-8-6-5-7-9-10/h5-9,11,16H,3-4H2,1-2H3,(H,14,15). The van der Waals surface area contributed by atoms with Gasteiger partial charge in [-0.3, -0.25) is 4.79 Å². The van der Waals surface area contributed by atoms with Crippen LogP contribution in [0.1, 0.15) is 38.2 Å². The molecule has 1 aromatic carbocycles. The fraction of sp³-hybridized carbons (Fsp3) is 0.462. The summed E-state index contributed by atoms with van der Waals surface area (Å²) in [5.41, 5.74) is -0.520. The Morgan fingerprint density at radius 3 is 2.12 bits per heavy atom. The molecule has 16 heavy (non-hydrogen) atoms. The second-order valence-electron chi connectivity index (χ2n) is 3.99. The lowest BCUT2D eigenvalue weighted by molar-refractivity contribution is -0.146. The lowest BCUT2D eigenvalue weighted by Crippen LogP contribution is -2.39. The van der Waals surface area contributed by atoms with Gasteiger partial charge in [0.15, 0.2) is 0 Å². The summed E-state index contributed by atoms with van der Waals surface area (Å²) in [7, 11) is 0. The van der Waals surface area contributed by atoms with Gasteiger partial charge in [-0.05, 0) is 18.4 Å². The Kier molecular flexibility index (Phi) is 4.07. The number of carboxylic acids is 1. The highest BCUT2D eigenvalue weighted by Crippen LogP contribution is 2.33. The Balaban J connectivity index is 3.15. The second kappa shape index (κ2) is 5.12. The second-order valence-corrected chi connectivity index (χ2v) is 3.99. The summed E-state index contributed by atoms with van der Waals surface area (Å²) in [6.45, 7) is 3.62. The van der Waals surface area contributed by atoms with Crippen molar-refractivity contribution in [2.24, 2.45) is 0 Å². The van der Waals surface area contributed by atoms with Gasteiger partial charge >= 0.3 is 5.97 Å². The fourth-order valence-electron chi connectivity index (χ4n) is 1.99. The topological polar surface area (TPSA) is 57.5 Å². The zero-order valence-electron chi connectivity index (χ0n) is 9.68. The molecule has 0 radical (unpaired) electrons. The third-order valence-electron chi connectivity index (χ3n) is 3.14. The van der Waals surface area contributed by atoms with Crippen molar-refractivity contribution in [3.05, 3.63) is 35.9 Å². The number of aliphatic hydroxyl groups is 1. The molecule has 1 atom stereocenters. The van der Waals surface area contributed by atoms with Crippen molar-refractivity contribution in [1.82, 2.24) is 0 Å². The van der Waals surface area contributed by atoms with Crippen molar-refractivity contribution in [2.75, 3.05) is 0 Å². The van der Waals surface area contributed by atoms with Crippen LogP contribution in [0.5, 0.6) is 0 Å². The van der Waals surface area contributed by atoms with E-state index in [0.717, 1.165) is 0 Å². The Morgan fingerprint density at radius 2 is 1.75 bits per heavy atom. The number of hydrogen-bond donors (Lipinski definition) is 2. The van der Waals surface area contributed by atoms with Gasteiger partial charge in [0.2, 0.25) is 0 Å². The first kappa shape index (κ1) is 12.7. The quantitative estimate of drug-likeness (QED) is 0.804. The molecule has 1 unspecified atom stereocenters. The fourth-order valence-corrected chi connectivity index (χ4v) is 1.99. The summed E-state index contributed by atoms with van der Waals surface area (Å²) < 4.78 is 0. The molecule has 3 heteroatoms. The number of hydrogen-bond acceptors (Lipinski definition) is 2. The monoisotopic (exact) mass is 222 g/mol. The van der Waals surface area contributed by atoms with Gasteiger partial charge in [0.1, 0.15) is 5.92 Å². The zero-order chi connectivity index (χ0) is 12.2. The summed E-state index contributed by atoms with van der Waals surface area (Å²) in [6, 6.07) is 8.90. The minimum Gasteiger partial charge on any atom is -0.481 e. The highest BCUT2D eigenvalue weighted by molar-refractivity contribution is 5.77. The zero-order valence-corrected chi connectivity index (χ0v) is 9.68. The molecule has 1 rings (SSSR count). The predicted molar refractivity (Wildman–Crippen MR) is 62.4 cm³/mol. The van der Waals surface area contributed by atoms with Gasteiger partial charge in [0.25, 0.3) is 0 Å². The maximum Gasteiger partial charge on any atom is 0.313 e. The van der Waals surface area contributed by atoms with Gasteiger partial charge in [-0.2, -0.15) is 0 Å². The summed E-state index contributed by atoms with van der Waals surface area (Å²) in [6.07, 6.45) is 0.852. The van der Waals surface area contributed by atoms with Crippen molar-refractivity contribution in [2.45, 2.75) is 38.2 Å². The molecule has 3 nitrogen and oxygen atoms in total. The minimum absolute atomic E-state index is 0.426. The van der Waals surface area contributed by atoms with Crippen molar-refractivity contribution < 1.29 is 15.0 Å². The maximum absolute atomic E-state index is 11.3. The summed E-state index contributed by atoms with van der Waals surface area (Å²) in [4.78, 5) is 11.3. The first-order chi connectivity index (χ1) is 7.55. The molecular weight excluding hydrogens is 204 g/mol. The number of aliphatic carboxylic acids is 1. The molecule has 88 valence electrons. The van der Waals surface area contributed by atoms with Gasteiger partial charge in [0.05, 0.1) is 5.60 Å². The van der Waals surface area contributed by atoms with Crippen LogP contribution in [0.15, 0.2) is 30.3 Å². The normalized spacial score (nSPS) is 13.4. The van der Waals surface area contributed by atoms with Crippen LogP contribution in [0.2, 0.25) is 0 Å². The van der Waals surface area contributed by atoms with E-state index in [4.69, 9.17) is 0 Å². The maximum atomic E-state index is 11.3. The average molecular weight is 222 g/mol. The molecule has 0 fully saturated rings. The third-order valence-corrected chi connectivity index (χ3v) is 3.14. The van der Waals surface area contributed by atoms with E-state index in [1.807, 2.05) is 19.9 Å². The Hall–Kier alpha value is -1.35. The number of carboxylic acid groups (broad SMARTS) is 1. The lowest BCUT2D eigenvalue weighted by Gasteiger charge is -2.32. The summed E-state index contributed by atoms with van der Waals surface area (Å²) in [5, 5.41) is 19.6. The molecule has 0 spiro atoms. The van der Waals surface area contributed by atoms with Crippen LogP contribution in [0.25, 0.3) is 0 Å². The summed E-state index contributed by atoms with van der Waals surface area (Å²) in [5.74, 6) is -1.83. The Bertz CT molecular complexity index is 341. The smallest absolute Gasteiger partial charge is 0.313 e. The molecular formula is C13H18O3. The van der Waals surface area contributed by atoms with Crippen molar-refractivity contribution >= 4 is 5.97 Å². The van der Waals surface area contributed by atoms with Gasteiger partial charge in [-0.1, -0.05) is 44.2 Å². The first-order valence-electron chi connectivity index (χ1n) is 5.55. The molecule has 0 aliphatic carbocycles. The van der Waals surface area contributed by atoms with Gasteiger partial charge < -0.3 is 10.2 Å². The molecule has 0 bridgehead atoms. The minimum atomic E-state index is -1.17. The van der Waals surface area contributed by atoms with Crippen LogP contribution < -0.4 is 0 Å². The first-order valence-corrected chi connectivity index (χ1v) is 5.55. The van der Waals surface area contributed by atoms with Crippen molar-refractivity contribution in [3.63, 3.8) is 0 Å². The van der Waals surface area contributed by atoms with E-state index in [-0.39, 0.29) is 0 Å². The van der Waals surface area contributed by atoms with Gasteiger partial charge in [0, 0.05) is 0 Å². The van der Waals surface area contributed by atoms with Crippen LogP contribution in [0.4, 0.5) is 0 Å². The molecule has 2 N–H and O–H groups in total. The van der Waals surface area contributed by atoms with Crippen LogP contribution in [-0.4, -0.2) is 21.8 Å². The van der Waals surface area contributed by atoms with Gasteiger partial charge in [-0.25, -0.2) is 0 Å². The summed E-state index contributed by atoms with van der Waals surface area (Å²) >= 11 is 0. The highest BCUT2D eigenvalue weighted by Gasteiger charge is 2.39. The predicted octanol–water partition coefficient (Wildman–Crippen LogP) is 2.41. The van der Waals surface area contributed by atoms with Crippen LogP contribution in [-0.2, 0) is 4.79 Å². The Labute approximate surface area is 95.7 Å². The molecule has 0 saturated carbocycles. The van der Waals surface area contributed by atoms with E-state index in [1.165, 1.54) is 0 Å². The lowest BCUT2D eigenvalue weighted by atomic mass is 9.78. The molecule has 0 amide bonds. The number of rotatable bonds is 5. The van der Waals surface area contributed by atoms with Crippen molar-refractivity contribution in [3.8, 4) is 0 Å².